The quantitative estimate of drug-likeness (QED) is 0.500. The second-order valence-electron chi connectivity index (χ2n) is 8.39. The number of halogens is 1. The van der Waals surface area contributed by atoms with Gasteiger partial charge in [-0.1, -0.05) is 42.9 Å². The standard InChI is InChI=1S/C22H19ClN4O3S/c1-22(2)9-15-20(16(28)10-22)19(17-6-7-18(31-17)27(29)30)14(11-24)21(25)26(15)13-5-3-4-12(23)8-13/h3-8,19H,9-10,25H2,1-2H3/t19-/m1/s1. The first-order valence-corrected chi connectivity index (χ1v) is 10.8. The van der Waals surface area contributed by atoms with Crippen LogP contribution in [0.25, 0.3) is 0 Å². The summed E-state index contributed by atoms with van der Waals surface area (Å²) in [6.45, 7) is 4.02. The minimum atomic E-state index is -0.724. The number of hydrogen-bond acceptors (Lipinski definition) is 7. The number of rotatable bonds is 3. The van der Waals surface area contributed by atoms with E-state index in [1.807, 2.05) is 19.9 Å². The Morgan fingerprint density at radius 1 is 1.32 bits per heavy atom. The van der Waals surface area contributed by atoms with Gasteiger partial charge in [-0.25, -0.2) is 0 Å². The number of anilines is 1. The molecule has 0 unspecified atom stereocenters. The van der Waals surface area contributed by atoms with Crippen molar-refractivity contribution in [1.82, 2.24) is 0 Å². The molecule has 1 aromatic heterocycles. The fourth-order valence-corrected chi connectivity index (χ4v) is 5.43. The number of carbonyl (C=O) groups is 1. The van der Waals surface area contributed by atoms with Crippen LogP contribution in [0.2, 0.25) is 5.02 Å². The van der Waals surface area contributed by atoms with Gasteiger partial charge in [0.1, 0.15) is 5.82 Å². The van der Waals surface area contributed by atoms with Gasteiger partial charge in [-0.3, -0.25) is 19.8 Å². The molecule has 9 heteroatoms. The van der Waals surface area contributed by atoms with Crippen molar-refractivity contribution in [1.29, 1.82) is 5.26 Å². The van der Waals surface area contributed by atoms with Crippen molar-refractivity contribution >= 4 is 39.4 Å². The van der Waals surface area contributed by atoms with E-state index in [2.05, 4.69) is 6.07 Å². The molecule has 158 valence electrons. The molecule has 2 aromatic rings. The number of benzene rings is 1. The lowest BCUT2D eigenvalue weighted by Crippen LogP contribution is -2.42. The molecule has 1 atom stereocenters. The predicted octanol–water partition coefficient (Wildman–Crippen LogP) is 5.25. The van der Waals surface area contributed by atoms with E-state index in [4.69, 9.17) is 17.3 Å². The molecule has 0 bridgehead atoms. The third-order valence-electron chi connectivity index (χ3n) is 5.52. The lowest BCUT2D eigenvalue weighted by atomic mass is 9.69. The molecule has 0 fully saturated rings. The molecule has 2 aliphatic rings. The smallest absolute Gasteiger partial charge is 0.324 e. The van der Waals surface area contributed by atoms with Crippen molar-refractivity contribution in [2.45, 2.75) is 32.6 Å². The maximum absolute atomic E-state index is 13.4. The van der Waals surface area contributed by atoms with Gasteiger partial charge < -0.3 is 5.73 Å². The van der Waals surface area contributed by atoms with E-state index < -0.39 is 10.8 Å². The maximum Gasteiger partial charge on any atom is 0.324 e. The number of nitrogens with two attached hydrogens (primary N) is 1. The van der Waals surface area contributed by atoms with Gasteiger partial charge in [0.05, 0.1) is 22.5 Å². The summed E-state index contributed by atoms with van der Waals surface area (Å²) in [4.78, 5) is 26.4. The Bertz CT molecular complexity index is 1220. The number of thiophene rings is 1. The van der Waals surface area contributed by atoms with Crippen LogP contribution in [0.3, 0.4) is 0 Å². The molecule has 1 aliphatic carbocycles. The Morgan fingerprint density at radius 3 is 2.68 bits per heavy atom. The largest absolute Gasteiger partial charge is 0.384 e. The molecule has 4 rings (SSSR count). The molecule has 0 amide bonds. The lowest BCUT2D eigenvalue weighted by molar-refractivity contribution is -0.380. The van der Waals surface area contributed by atoms with Gasteiger partial charge in [0.15, 0.2) is 5.78 Å². The lowest BCUT2D eigenvalue weighted by Gasteiger charge is -2.43. The van der Waals surface area contributed by atoms with E-state index in [1.54, 1.807) is 29.2 Å². The number of Topliss-reactive ketones (excluding diaryl/α,β-unsaturated/α-hetero) is 1. The number of nitrogens with zero attached hydrogens (tertiary/aromatic N) is 3. The highest BCUT2D eigenvalue weighted by Crippen LogP contribution is 2.51. The Balaban J connectivity index is 1.99. The topological polar surface area (TPSA) is 113 Å². The maximum atomic E-state index is 13.4. The monoisotopic (exact) mass is 454 g/mol. The highest BCUT2D eigenvalue weighted by Gasteiger charge is 2.45. The molecular formula is C22H19ClN4O3S. The van der Waals surface area contributed by atoms with Crippen molar-refractivity contribution < 1.29 is 9.72 Å². The van der Waals surface area contributed by atoms with E-state index in [-0.39, 0.29) is 27.6 Å². The molecule has 1 aliphatic heterocycles. The summed E-state index contributed by atoms with van der Waals surface area (Å²) < 4.78 is 0. The molecule has 2 N–H and O–H groups in total. The van der Waals surface area contributed by atoms with Crippen LogP contribution < -0.4 is 10.6 Å². The van der Waals surface area contributed by atoms with Crippen molar-refractivity contribution in [3.05, 3.63) is 79.1 Å². The van der Waals surface area contributed by atoms with Crippen molar-refractivity contribution in [3.63, 3.8) is 0 Å². The van der Waals surface area contributed by atoms with Gasteiger partial charge in [-0.2, -0.15) is 5.26 Å². The van der Waals surface area contributed by atoms with Gasteiger partial charge in [-0.05, 0) is 36.1 Å². The van der Waals surface area contributed by atoms with Gasteiger partial charge in [-0.15, -0.1) is 0 Å². The number of carbonyl (C=O) groups excluding carboxylic acids is 1. The van der Waals surface area contributed by atoms with Crippen LogP contribution in [0.5, 0.6) is 0 Å². The third-order valence-corrected chi connectivity index (χ3v) is 6.86. The highest BCUT2D eigenvalue weighted by molar-refractivity contribution is 7.15. The zero-order chi connectivity index (χ0) is 22.5. The van der Waals surface area contributed by atoms with Crippen LogP contribution in [0.15, 0.2) is 59.1 Å². The molecular weight excluding hydrogens is 436 g/mol. The molecule has 0 saturated carbocycles. The molecule has 0 spiro atoms. The van der Waals surface area contributed by atoms with Gasteiger partial charge in [0.2, 0.25) is 0 Å². The Kier molecular flexibility index (Phi) is 5.12. The molecule has 0 saturated heterocycles. The number of nitriles is 1. The summed E-state index contributed by atoms with van der Waals surface area (Å²) in [6, 6.07) is 12.2. The fraction of sp³-hybridized carbons (Fsp3) is 0.273. The minimum absolute atomic E-state index is 0.0473. The second-order valence-corrected chi connectivity index (χ2v) is 9.92. The first-order valence-electron chi connectivity index (χ1n) is 9.59. The van der Waals surface area contributed by atoms with Crippen LogP contribution in [-0.2, 0) is 4.79 Å². The average Bonchev–Trinajstić information content (AvgIpc) is 3.16. The summed E-state index contributed by atoms with van der Waals surface area (Å²) >= 11 is 7.17. The van der Waals surface area contributed by atoms with E-state index in [0.717, 1.165) is 11.3 Å². The number of ketones is 1. The highest BCUT2D eigenvalue weighted by atomic mass is 35.5. The molecule has 2 heterocycles. The number of allylic oxidation sites excluding steroid dienone is 3. The number of nitro groups is 1. The minimum Gasteiger partial charge on any atom is -0.384 e. The summed E-state index contributed by atoms with van der Waals surface area (Å²) in [5, 5.41) is 21.7. The third kappa shape index (κ3) is 3.60. The summed E-state index contributed by atoms with van der Waals surface area (Å²) in [7, 11) is 0. The predicted molar refractivity (Wildman–Crippen MR) is 120 cm³/mol. The van der Waals surface area contributed by atoms with Crippen LogP contribution in [0, 0.1) is 26.9 Å². The van der Waals surface area contributed by atoms with Crippen molar-refractivity contribution in [2.24, 2.45) is 11.1 Å². The Morgan fingerprint density at radius 2 is 2.06 bits per heavy atom. The second kappa shape index (κ2) is 7.52. The van der Waals surface area contributed by atoms with Crippen LogP contribution in [-0.4, -0.2) is 10.7 Å². The Hall–Kier alpha value is -3.15. The van der Waals surface area contributed by atoms with Gasteiger partial charge >= 0.3 is 5.00 Å². The molecule has 31 heavy (non-hydrogen) atoms. The van der Waals surface area contributed by atoms with E-state index in [1.165, 1.54) is 6.07 Å². The Labute approximate surface area is 188 Å². The van der Waals surface area contributed by atoms with Crippen molar-refractivity contribution in [3.8, 4) is 6.07 Å². The first-order chi connectivity index (χ1) is 14.6. The summed E-state index contributed by atoms with van der Waals surface area (Å²) in [5.74, 6) is -0.604. The van der Waals surface area contributed by atoms with Crippen LogP contribution in [0.1, 0.15) is 37.5 Å². The molecule has 1 aromatic carbocycles. The van der Waals surface area contributed by atoms with Crippen LogP contribution in [0.4, 0.5) is 10.7 Å². The molecule has 7 nitrogen and oxygen atoms in total. The van der Waals surface area contributed by atoms with Gasteiger partial charge in [0, 0.05) is 39.3 Å². The van der Waals surface area contributed by atoms with Crippen molar-refractivity contribution in [2.75, 3.05) is 4.90 Å². The van der Waals surface area contributed by atoms with E-state index in [0.29, 0.717) is 39.7 Å². The SMILES string of the molecule is CC1(C)CC(=O)C2=C(C1)N(c1cccc(Cl)c1)C(N)=C(C#N)[C@@H]2c1ccc([N+](=O)[O-])s1. The summed E-state index contributed by atoms with van der Waals surface area (Å²) in [5.41, 5.74) is 8.25. The fourth-order valence-electron chi connectivity index (χ4n) is 4.30. The van der Waals surface area contributed by atoms with E-state index >= 15 is 0 Å². The average molecular weight is 455 g/mol. The van der Waals surface area contributed by atoms with Crippen LogP contribution >= 0.6 is 22.9 Å². The first kappa shape index (κ1) is 21.1. The zero-order valence-corrected chi connectivity index (χ0v) is 18.5. The van der Waals surface area contributed by atoms with E-state index in [9.17, 15) is 20.2 Å². The van der Waals surface area contributed by atoms with Gasteiger partial charge in [0.25, 0.3) is 0 Å². The zero-order valence-electron chi connectivity index (χ0n) is 16.9. The normalized spacial score (nSPS) is 20.5. The number of hydrogen-bond donors (Lipinski definition) is 1. The molecule has 0 radical (unpaired) electrons. The summed E-state index contributed by atoms with van der Waals surface area (Å²) in [6.07, 6.45) is 0.877.